The number of carbonyl (C=O) groups is 4. The largest absolute Gasteiger partial charge is 0.507 e. The molecule has 5 saturated heterocycles. The van der Waals surface area contributed by atoms with Crippen LogP contribution in [0, 0.1) is 30.6 Å². The first-order chi connectivity index (χ1) is 40.6. The number of unbranched alkanes of at least 4 members (excludes halogenated alkanes) is 1. The lowest BCUT2D eigenvalue weighted by Crippen LogP contribution is -2.56. The number of fused-ring (bicyclic) bond motifs is 3. The average molecular weight is 1220 g/mol. The number of carbonyl (C=O) groups excluding carboxylic acids is 4. The maximum absolute atomic E-state index is 15.0. The first-order valence-electron chi connectivity index (χ1n) is 30.0. The van der Waals surface area contributed by atoms with Gasteiger partial charge in [0.15, 0.2) is 36.7 Å². The topological polar surface area (TPSA) is 361 Å². The second kappa shape index (κ2) is 26.9. The molecule has 0 radical (unpaired) electrons. The quantitative estimate of drug-likeness (QED) is 0.0493. The highest BCUT2D eigenvalue weighted by Gasteiger charge is 2.60. The van der Waals surface area contributed by atoms with E-state index in [1.165, 1.54) is 39.8 Å². The fraction of sp³-hybridized carbons (Fsp3) is 0.738. The zero-order chi connectivity index (χ0) is 62.5. The molecule has 26 atom stereocenters. The first-order valence-corrected chi connectivity index (χ1v) is 30.0. The zero-order valence-electron chi connectivity index (χ0n) is 50.0. The van der Waals surface area contributed by atoms with Crippen molar-refractivity contribution in [3.8, 4) is 17.2 Å². The molecule has 7 aliphatic rings. The number of rotatable bonds is 21. The smallest absolute Gasteiger partial charge is 0.310 e. The van der Waals surface area contributed by atoms with Crippen LogP contribution in [0.15, 0.2) is 25.0 Å². The van der Waals surface area contributed by atoms with Gasteiger partial charge in [-0.1, -0.05) is 20.4 Å². The molecule has 2 aliphatic carbocycles. The summed E-state index contributed by atoms with van der Waals surface area (Å²) < 4.78 is 72.6. The lowest BCUT2D eigenvalue weighted by molar-refractivity contribution is -0.313. The van der Waals surface area contributed by atoms with Crippen molar-refractivity contribution in [2.24, 2.45) is 23.7 Å². The van der Waals surface area contributed by atoms with Gasteiger partial charge in [-0.2, -0.15) is 0 Å². The molecular weight excluding hydrogens is 1130 g/mol. The number of aliphatic hydroxyl groups is 7. The molecule has 5 heterocycles. The first kappa shape index (κ1) is 65.9. The van der Waals surface area contributed by atoms with Gasteiger partial charge in [0.1, 0.15) is 60.0 Å². The van der Waals surface area contributed by atoms with Gasteiger partial charge in [0, 0.05) is 62.3 Å². The predicted molar refractivity (Wildman–Crippen MR) is 297 cm³/mol. The Morgan fingerprint density at radius 3 is 1.87 bits per heavy atom. The maximum atomic E-state index is 15.0. The van der Waals surface area contributed by atoms with E-state index in [-0.39, 0.29) is 103 Å². The number of aliphatic hydroxyl groups excluding tert-OH is 6. The summed E-state index contributed by atoms with van der Waals surface area (Å²) in [6.07, 6.45) is -20.2. The van der Waals surface area contributed by atoms with Crippen LogP contribution in [0.5, 0.6) is 17.2 Å². The van der Waals surface area contributed by atoms with Crippen LogP contribution in [0.25, 0.3) is 10.8 Å². The number of phenolic OH excluding ortho intramolecular Hbond substituents is 2. The van der Waals surface area contributed by atoms with E-state index in [2.05, 4.69) is 6.58 Å². The second-order valence-electron chi connectivity index (χ2n) is 24.9. The Labute approximate surface area is 498 Å². The van der Waals surface area contributed by atoms with E-state index in [0.29, 0.717) is 12.8 Å². The molecule has 25 heteroatoms. The molecule has 1 saturated carbocycles. The van der Waals surface area contributed by atoms with Gasteiger partial charge in [-0.25, -0.2) is 0 Å². The van der Waals surface area contributed by atoms with E-state index in [0.717, 1.165) is 6.26 Å². The Morgan fingerprint density at radius 1 is 0.721 bits per heavy atom. The number of phenols is 2. The Kier molecular flexibility index (Phi) is 20.6. The van der Waals surface area contributed by atoms with Crippen LogP contribution in [0.1, 0.15) is 135 Å². The number of ketones is 2. The van der Waals surface area contributed by atoms with Crippen molar-refractivity contribution in [3.05, 3.63) is 41.7 Å². The molecule has 5 aliphatic heterocycles. The highest BCUT2D eigenvalue weighted by atomic mass is 16.7. The molecule has 9 N–H and O–H groups in total. The highest BCUT2D eigenvalue weighted by molar-refractivity contribution is 6.13. The van der Waals surface area contributed by atoms with Crippen LogP contribution in [-0.2, 0) is 72.9 Å². The Bertz CT molecular complexity index is 2770. The third-order valence-corrected chi connectivity index (χ3v) is 18.4. The SMILES string of the molecule is C=COC(=O)CCCCC(=O)OC1CC(OC2CC(Oc3cc4cc5c(c(O)c4c(O)c3C)C(=O)C(OC3CC(OC4CC(OC6CC(C)(O)C(O)C(C)O6)C6C(C)C6O4)C(O)C(C)O3)C(C(=O)C(O)C(C)C(C)O)C5)OC(C)C2O)OC(C)C1O. The van der Waals surface area contributed by atoms with E-state index < -0.39 is 175 Å². The number of ether oxygens (including phenoxy) is 12. The summed E-state index contributed by atoms with van der Waals surface area (Å²) in [6.45, 7) is 17.7. The maximum Gasteiger partial charge on any atom is 0.310 e. The minimum atomic E-state index is -1.78. The van der Waals surface area contributed by atoms with Crippen LogP contribution >= 0.6 is 0 Å². The van der Waals surface area contributed by atoms with Gasteiger partial charge in [-0.15, -0.1) is 0 Å². The summed E-state index contributed by atoms with van der Waals surface area (Å²) in [5.74, 6) is -6.13. The third-order valence-electron chi connectivity index (χ3n) is 18.4. The lowest BCUT2D eigenvalue weighted by atomic mass is 9.74. The zero-order valence-corrected chi connectivity index (χ0v) is 50.0. The monoisotopic (exact) mass is 1220 g/mol. The van der Waals surface area contributed by atoms with Gasteiger partial charge in [0.25, 0.3) is 0 Å². The summed E-state index contributed by atoms with van der Waals surface area (Å²) in [4.78, 5) is 54.0. The highest BCUT2D eigenvalue weighted by Crippen LogP contribution is 2.52. The summed E-state index contributed by atoms with van der Waals surface area (Å²) in [6, 6.07) is 3.01. The van der Waals surface area contributed by atoms with Crippen molar-refractivity contribution in [3.63, 3.8) is 0 Å². The van der Waals surface area contributed by atoms with Crippen molar-refractivity contribution in [1.82, 2.24) is 0 Å². The van der Waals surface area contributed by atoms with E-state index in [4.69, 9.17) is 56.8 Å². The standard InChI is InChI=1S/C61H86O25/c1-11-75-40(63)14-12-13-15-41(64)80-37-20-43(77-28(6)52(37)67)83-38-21-42(76-29(7)53(38)68)81-35-18-33-16-32-17-34(55(70)51(66)24(2)27(5)62)59(57(72)49(32)56(71)48(33)50(65)25(35)3)86-44-22-39(54(69)30(8)78-44)84-45-19-36(47-26(4)58(47)85-45)82-46-23-61(10,74)60(73)31(9)79-46/h11,16,18,24,26-31,34,36-39,42-47,51-54,58-60,62,65-69,71,73-74H,1,12-15,17,19-23H2,2-10H3. The van der Waals surface area contributed by atoms with Gasteiger partial charge >= 0.3 is 11.9 Å². The van der Waals surface area contributed by atoms with Crippen molar-refractivity contribution in [1.29, 1.82) is 0 Å². The molecule has 26 unspecified atom stereocenters. The summed E-state index contributed by atoms with van der Waals surface area (Å²) in [7, 11) is 0. The molecule has 9 rings (SSSR count). The third kappa shape index (κ3) is 14.1. The number of hydrogen-bond acceptors (Lipinski definition) is 25. The van der Waals surface area contributed by atoms with E-state index >= 15 is 4.79 Å². The molecule has 0 aromatic heterocycles. The van der Waals surface area contributed by atoms with Crippen LogP contribution in [0.2, 0.25) is 0 Å². The van der Waals surface area contributed by atoms with Gasteiger partial charge < -0.3 is 103 Å². The molecular formula is C61H86O25. The van der Waals surface area contributed by atoms with E-state index in [9.17, 15) is 60.3 Å². The number of hydrogen-bond donors (Lipinski definition) is 9. The Hall–Kier alpha value is -4.52. The summed E-state index contributed by atoms with van der Waals surface area (Å²) >= 11 is 0. The second-order valence-corrected chi connectivity index (χ2v) is 24.9. The molecule has 2 aromatic carbocycles. The predicted octanol–water partition coefficient (Wildman–Crippen LogP) is 3.05. The summed E-state index contributed by atoms with van der Waals surface area (Å²) in [5.41, 5.74) is -1.44. The van der Waals surface area contributed by atoms with Crippen molar-refractivity contribution in [2.75, 3.05) is 0 Å². The molecule has 480 valence electrons. The molecule has 25 nitrogen and oxygen atoms in total. The molecule has 0 spiro atoms. The minimum absolute atomic E-state index is 0.00203. The molecule has 0 amide bonds. The van der Waals surface area contributed by atoms with Crippen LogP contribution < -0.4 is 4.74 Å². The Morgan fingerprint density at radius 2 is 1.26 bits per heavy atom. The number of benzene rings is 2. The summed E-state index contributed by atoms with van der Waals surface area (Å²) in [5, 5.41) is 101. The number of esters is 2. The van der Waals surface area contributed by atoms with Gasteiger partial charge in [0.2, 0.25) is 6.29 Å². The fourth-order valence-electron chi connectivity index (χ4n) is 12.9. The Balaban J connectivity index is 0.904. The van der Waals surface area contributed by atoms with E-state index in [1.807, 2.05) is 6.92 Å². The lowest BCUT2D eigenvalue weighted by Gasteiger charge is -2.44. The number of aromatic hydroxyl groups is 2. The van der Waals surface area contributed by atoms with E-state index in [1.54, 1.807) is 27.7 Å². The van der Waals surface area contributed by atoms with Crippen LogP contribution in [-0.4, -0.2) is 204 Å². The van der Waals surface area contributed by atoms with Crippen molar-refractivity contribution in [2.45, 2.75) is 261 Å². The normalized spacial score (nSPS) is 39.9. The van der Waals surface area contributed by atoms with Gasteiger partial charge in [-0.3, -0.25) is 19.2 Å². The molecule has 86 heavy (non-hydrogen) atoms. The van der Waals surface area contributed by atoms with Gasteiger partial charge in [-0.05, 0) is 96.7 Å². The fourth-order valence-corrected chi connectivity index (χ4v) is 12.9. The van der Waals surface area contributed by atoms with Crippen molar-refractivity contribution < 1.29 is 122 Å². The molecule has 2 aromatic rings. The van der Waals surface area contributed by atoms with Crippen LogP contribution in [0.4, 0.5) is 0 Å². The number of Topliss-reactive ketones (excluding diaryl/α,β-unsaturated/α-hetero) is 2. The average Bonchev–Trinajstić information content (AvgIpc) is 1.07. The molecule has 6 fully saturated rings. The van der Waals surface area contributed by atoms with Crippen LogP contribution in [0.3, 0.4) is 0 Å². The van der Waals surface area contributed by atoms with Gasteiger partial charge in [0.05, 0.1) is 83.7 Å². The minimum Gasteiger partial charge on any atom is -0.507 e. The van der Waals surface area contributed by atoms with Crippen molar-refractivity contribution >= 4 is 34.3 Å². The molecule has 0 bridgehead atoms.